The fraction of sp³-hybridized carbons (Fsp3) is 0.727. The van der Waals surface area contributed by atoms with Crippen LogP contribution in [0.5, 0.6) is 0 Å². The molecule has 2 rings (SSSR count). The zero-order valence-electron chi connectivity index (χ0n) is 7.99. The third-order valence-corrected chi connectivity index (χ3v) is 3.46. The number of carbonyl (C=O) groups is 1. The molecule has 2 heteroatoms. The van der Waals surface area contributed by atoms with Gasteiger partial charge in [-0.25, -0.2) is 0 Å². The van der Waals surface area contributed by atoms with Crippen LogP contribution in [0, 0.1) is 17.8 Å². The SMILES string of the molecule is CC1C=C2CCCC(C2)C1C(=O)O. The van der Waals surface area contributed by atoms with Gasteiger partial charge in [0.25, 0.3) is 0 Å². The van der Waals surface area contributed by atoms with E-state index in [2.05, 4.69) is 6.08 Å². The average Bonchev–Trinajstić information content (AvgIpc) is 2.02. The van der Waals surface area contributed by atoms with Crippen LogP contribution in [0.2, 0.25) is 0 Å². The van der Waals surface area contributed by atoms with Crippen LogP contribution in [-0.4, -0.2) is 11.1 Å². The normalized spacial score (nSPS) is 38.2. The van der Waals surface area contributed by atoms with Gasteiger partial charge in [-0.05, 0) is 37.5 Å². The van der Waals surface area contributed by atoms with Crippen molar-refractivity contribution in [3.05, 3.63) is 11.6 Å². The van der Waals surface area contributed by atoms with E-state index in [4.69, 9.17) is 5.11 Å². The molecular weight excluding hydrogens is 164 g/mol. The highest BCUT2D eigenvalue weighted by atomic mass is 16.4. The van der Waals surface area contributed by atoms with E-state index >= 15 is 0 Å². The lowest BCUT2D eigenvalue weighted by Crippen LogP contribution is -2.34. The first kappa shape index (κ1) is 8.79. The molecule has 2 aliphatic rings. The predicted molar refractivity (Wildman–Crippen MR) is 50.3 cm³/mol. The smallest absolute Gasteiger partial charge is 0.307 e. The molecule has 1 fully saturated rings. The van der Waals surface area contributed by atoms with Gasteiger partial charge in [-0.1, -0.05) is 18.6 Å². The molecule has 0 radical (unpaired) electrons. The molecule has 0 amide bonds. The van der Waals surface area contributed by atoms with Crippen molar-refractivity contribution in [2.24, 2.45) is 17.8 Å². The summed E-state index contributed by atoms with van der Waals surface area (Å²) >= 11 is 0. The van der Waals surface area contributed by atoms with Crippen LogP contribution in [-0.2, 0) is 4.79 Å². The van der Waals surface area contributed by atoms with Gasteiger partial charge in [-0.15, -0.1) is 0 Å². The van der Waals surface area contributed by atoms with Crippen molar-refractivity contribution in [3.8, 4) is 0 Å². The fourth-order valence-corrected chi connectivity index (χ4v) is 2.92. The maximum atomic E-state index is 11.0. The van der Waals surface area contributed by atoms with Gasteiger partial charge in [-0.2, -0.15) is 0 Å². The van der Waals surface area contributed by atoms with E-state index in [0.29, 0.717) is 5.92 Å². The van der Waals surface area contributed by atoms with Crippen LogP contribution in [0.25, 0.3) is 0 Å². The van der Waals surface area contributed by atoms with Gasteiger partial charge in [0.15, 0.2) is 0 Å². The highest BCUT2D eigenvalue weighted by Crippen LogP contribution is 2.42. The number of allylic oxidation sites excluding steroid dienone is 2. The van der Waals surface area contributed by atoms with Crippen molar-refractivity contribution >= 4 is 5.97 Å². The molecule has 13 heavy (non-hydrogen) atoms. The lowest BCUT2D eigenvalue weighted by atomic mass is 9.68. The Balaban J connectivity index is 2.25. The molecule has 2 bridgehead atoms. The van der Waals surface area contributed by atoms with Crippen LogP contribution >= 0.6 is 0 Å². The van der Waals surface area contributed by atoms with Gasteiger partial charge in [0.05, 0.1) is 5.92 Å². The minimum Gasteiger partial charge on any atom is -0.481 e. The molecule has 0 aromatic heterocycles. The second-order valence-electron chi connectivity index (χ2n) is 4.40. The van der Waals surface area contributed by atoms with E-state index in [1.807, 2.05) is 6.92 Å². The molecular formula is C11H16O2. The lowest BCUT2D eigenvalue weighted by molar-refractivity contribution is -0.145. The van der Waals surface area contributed by atoms with Gasteiger partial charge < -0.3 is 5.11 Å². The standard InChI is InChI=1S/C11H16O2/c1-7-5-8-3-2-4-9(6-8)10(7)11(12)13/h5,7,9-10H,2-4,6H2,1H3,(H,12,13). The second-order valence-corrected chi connectivity index (χ2v) is 4.40. The molecule has 0 aromatic rings. The van der Waals surface area contributed by atoms with Gasteiger partial charge in [0, 0.05) is 0 Å². The number of carboxylic acid groups (broad SMARTS) is 1. The highest BCUT2D eigenvalue weighted by molar-refractivity contribution is 5.71. The van der Waals surface area contributed by atoms with Gasteiger partial charge in [-0.3, -0.25) is 4.79 Å². The maximum absolute atomic E-state index is 11.0. The largest absolute Gasteiger partial charge is 0.481 e. The summed E-state index contributed by atoms with van der Waals surface area (Å²) in [5, 5.41) is 9.09. The zero-order valence-corrected chi connectivity index (χ0v) is 7.99. The summed E-state index contributed by atoms with van der Waals surface area (Å²) in [4.78, 5) is 11.0. The number of carboxylic acids is 1. The summed E-state index contributed by atoms with van der Waals surface area (Å²) < 4.78 is 0. The molecule has 0 aliphatic heterocycles. The monoisotopic (exact) mass is 180 g/mol. The first-order chi connectivity index (χ1) is 6.18. The molecule has 1 N–H and O–H groups in total. The Morgan fingerprint density at radius 3 is 3.08 bits per heavy atom. The van der Waals surface area contributed by atoms with Crippen molar-refractivity contribution in [2.45, 2.75) is 32.6 Å². The average molecular weight is 180 g/mol. The predicted octanol–water partition coefficient (Wildman–Crippen LogP) is 2.45. The van der Waals surface area contributed by atoms with Crippen LogP contribution in [0.4, 0.5) is 0 Å². The molecule has 72 valence electrons. The first-order valence-electron chi connectivity index (χ1n) is 5.11. The third-order valence-electron chi connectivity index (χ3n) is 3.46. The summed E-state index contributed by atoms with van der Waals surface area (Å²) in [6.45, 7) is 2.04. The van der Waals surface area contributed by atoms with Crippen LogP contribution in [0.3, 0.4) is 0 Å². The van der Waals surface area contributed by atoms with Crippen LogP contribution in [0.1, 0.15) is 32.6 Å². The second kappa shape index (κ2) is 3.17. The summed E-state index contributed by atoms with van der Waals surface area (Å²) in [6.07, 6.45) is 6.73. The van der Waals surface area contributed by atoms with Crippen molar-refractivity contribution < 1.29 is 9.90 Å². The maximum Gasteiger partial charge on any atom is 0.307 e. The minimum absolute atomic E-state index is 0.121. The molecule has 1 saturated carbocycles. The number of rotatable bonds is 1. The molecule has 0 heterocycles. The van der Waals surface area contributed by atoms with Crippen molar-refractivity contribution in [1.29, 1.82) is 0 Å². The van der Waals surface area contributed by atoms with Gasteiger partial charge in [0.1, 0.15) is 0 Å². The Morgan fingerprint density at radius 1 is 1.62 bits per heavy atom. The van der Waals surface area contributed by atoms with Crippen molar-refractivity contribution in [2.75, 3.05) is 0 Å². The molecule has 3 atom stereocenters. The Labute approximate surface area is 78.6 Å². The van der Waals surface area contributed by atoms with E-state index in [-0.39, 0.29) is 11.8 Å². The minimum atomic E-state index is -0.602. The molecule has 0 aromatic carbocycles. The Morgan fingerprint density at radius 2 is 2.38 bits per heavy atom. The van der Waals surface area contributed by atoms with E-state index in [9.17, 15) is 4.79 Å². The number of hydrogen-bond donors (Lipinski definition) is 1. The molecule has 2 aliphatic carbocycles. The van der Waals surface area contributed by atoms with Gasteiger partial charge in [0.2, 0.25) is 0 Å². The number of hydrogen-bond acceptors (Lipinski definition) is 1. The van der Waals surface area contributed by atoms with Crippen molar-refractivity contribution in [3.63, 3.8) is 0 Å². The Hall–Kier alpha value is -0.790. The fourth-order valence-electron chi connectivity index (χ4n) is 2.92. The van der Waals surface area contributed by atoms with E-state index in [1.165, 1.54) is 18.4 Å². The topological polar surface area (TPSA) is 37.3 Å². The van der Waals surface area contributed by atoms with E-state index < -0.39 is 5.97 Å². The number of fused-ring (bicyclic) bond motifs is 2. The van der Waals surface area contributed by atoms with E-state index in [1.54, 1.807) is 0 Å². The Kier molecular flexibility index (Phi) is 2.14. The molecule has 0 spiro atoms. The highest BCUT2D eigenvalue weighted by Gasteiger charge is 2.37. The summed E-state index contributed by atoms with van der Waals surface area (Å²) in [5.74, 6) is -0.0634. The summed E-state index contributed by atoms with van der Waals surface area (Å²) in [7, 11) is 0. The molecule has 3 unspecified atom stereocenters. The summed E-state index contributed by atoms with van der Waals surface area (Å²) in [5.41, 5.74) is 1.50. The molecule has 2 nitrogen and oxygen atoms in total. The quantitative estimate of drug-likeness (QED) is 0.629. The number of aliphatic carboxylic acids is 1. The lowest BCUT2D eigenvalue weighted by Gasteiger charge is -2.36. The van der Waals surface area contributed by atoms with Gasteiger partial charge >= 0.3 is 5.97 Å². The Bertz CT molecular complexity index is 255. The summed E-state index contributed by atoms with van der Waals surface area (Å²) in [6, 6.07) is 0. The van der Waals surface area contributed by atoms with E-state index in [0.717, 1.165) is 12.8 Å². The van der Waals surface area contributed by atoms with Crippen molar-refractivity contribution in [1.82, 2.24) is 0 Å². The van der Waals surface area contributed by atoms with Crippen LogP contribution < -0.4 is 0 Å². The van der Waals surface area contributed by atoms with Crippen LogP contribution in [0.15, 0.2) is 11.6 Å². The third kappa shape index (κ3) is 1.50. The molecule has 0 saturated heterocycles. The first-order valence-corrected chi connectivity index (χ1v) is 5.11. The zero-order chi connectivity index (χ0) is 9.42.